The minimum atomic E-state index is 0.302. The zero-order valence-corrected chi connectivity index (χ0v) is 14.4. The van der Waals surface area contributed by atoms with E-state index in [0.29, 0.717) is 5.16 Å². The predicted molar refractivity (Wildman–Crippen MR) is 92.7 cm³/mol. The Morgan fingerprint density at radius 2 is 1.95 bits per heavy atom. The van der Waals surface area contributed by atoms with Crippen molar-refractivity contribution in [2.75, 3.05) is 51.9 Å². The van der Waals surface area contributed by atoms with Crippen LogP contribution in [0.4, 0.5) is 5.69 Å². The van der Waals surface area contributed by atoms with Crippen molar-refractivity contribution in [1.29, 1.82) is 0 Å². The van der Waals surface area contributed by atoms with Crippen molar-refractivity contribution in [1.82, 2.24) is 9.80 Å². The number of ether oxygens (including phenoxy) is 1. The summed E-state index contributed by atoms with van der Waals surface area (Å²) in [4.78, 5) is 4.97. The number of nitrogens with zero attached hydrogens (tertiary/aromatic N) is 2. The fourth-order valence-corrected chi connectivity index (χ4v) is 3.51. The monoisotopic (exact) mass is 309 g/mol. The molecule has 0 saturated carbocycles. The van der Waals surface area contributed by atoms with Crippen molar-refractivity contribution in [3.8, 4) is 5.75 Å². The average molecular weight is 309 g/mol. The van der Waals surface area contributed by atoms with Crippen LogP contribution < -0.4 is 10.5 Å². The number of piperazine rings is 1. The summed E-state index contributed by atoms with van der Waals surface area (Å²) in [6, 6.07) is 7.67. The van der Waals surface area contributed by atoms with Crippen molar-refractivity contribution in [3.05, 3.63) is 24.3 Å². The van der Waals surface area contributed by atoms with Gasteiger partial charge in [-0.05, 0) is 24.3 Å². The molecule has 0 radical (unpaired) electrons. The number of benzene rings is 1. The average Bonchev–Trinajstić information content (AvgIpc) is 2.41. The molecule has 4 nitrogen and oxygen atoms in total. The first-order valence-electron chi connectivity index (χ1n) is 7.59. The number of likely N-dealkylation sites (N-methyl/N-ethyl adjacent to an activating group) is 1. The van der Waals surface area contributed by atoms with Crippen molar-refractivity contribution < 1.29 is 4.74 Å². The molecule has 0 aromatic heterocycles. The molecule has 2 rings (SSSR count). The molecule has 1 aromatic rings. The van der Waals surface area contributed by atoms with Gasteiger partial charge in [0, 0.05) is 44.5 Å². The summed E-state index contributed by atoms with van der Waals surface area (Å²) >= 11 is 0. The maximum Gasteiger partial charge on any atom is 0.121 e. The Bertz CT molecular complexity index is 445. The Morgan fingerprint density at radius 1 is 1.24 bits per heavy atom. The Kier molecular flexibility index (Phi) is 5.86. The highest BCUT2D eigenvalue weighted by Crippen LogP contribution is 2.32. The molecule has 1 atom stereocenters. The number of hydrogen-bond acceptors (Lipinski definition) is 4. The van der Waals surface area contributed by atoms with Crippen LogP contribution in [0.3, 0.4) is 0 Å². The molecule has 5 heteroatoms. The second-order valence-electron chi connectivity index (χ2n) is 6.50. The molecule has 1 heterocycles. The van der Waals surface area contributed by atoms with Crippen LogP contribution in [0.1, 0.15) is 13.8 Å². The third kappa shape index (κ3) is 5.82. The molecule has 0 aliphatic carbocycles. The van der Waals surface area contributed by atoms with Gasteiger partial charge in [0.05, 0.1) is 0 Å². The molecule has 0 spiro atoms. The van der Waals surface area contributed by atoms with Gasteiger partial charge in [-0.15, -0.1) is 0 Å². The highest BCUT2D eigenvalue weighted by molar-refractivity contribution is 7.39. The van der Waals surface area contributed by atoms with Crippen LogP contribution in [0.2, 0.25) is 0 Å². The quantitative estimate of drug-likeness (QED) is 0.647. The van der Waals surface area contributed by atoms with E-state index in [1.807, 2.05) is 24.3 Å². The molecule has 0 amide bonds. The molecule has 1 fully saturated rings. The van der Waals surface area contributed by atoms with Crippen LogP contribution >= 0.6 is 8.58 Å². The van der Waals surface area contributed by atoms with Crippen molar-refractivity contribution >= 4 is 14.3 Å². The zero-order valence-electron chi connectivity index (χ0n) is 13.4. The fraction of sp³-hybridized carbons (Fsp3) is 0.625. The molecule has 118 valence electrons. The minimum absolute atomic E-state index is 0.302. The molecule has 1 aliphatic rings. The van der Waals surface area contributed by atoms with Crippen molar-refractivity contribution in [2.24, 2.45) is 0 Å². The molecule has 1 unspecified atom stereocenters. The van der Waals surface area contributed by atoms with E-state index in [4.69, 9.17) is 10.5 Å². The summed E-state index contributed by atoms with van der Waals surface area (Å²) in [5.41, 5.74) is 6.52. The van der Waals surface area contributed by atoms with Gasteiger partial charge in [0.15, 0.2) is 0 Å². The summed E-state index contributed by atoms with van der Waals surface area (Å²) < 4.78 is 5.83. The first-order chi connectivity index (χ1) is 9.94. The summed E-state index contributed by atoms with van der Waals surface area (Å²) in [6.45, 7) is 10.6. The molecule has 1 saturated heterocycles. The van der Waals surface area contributed by atoms with E-state index in [1.54, 1.807) is 0 Å². The first-order valence-corrected chi connectivity index (χ1v) is 8.80. The standard InChI is InChI=1S/C16H28N3OP/c1-16(2,12-19-9-7-18(3)8-10-19)21-13-20-15-6-4-5-14(17)11-15/h4-6,11,21H,7-10,12-13,17H2,1-3H3. The molecule has 2 N–H and O–H groups in total. The van der Waals surface area contributed by atoms with E-state index in [1.165, 1.54) is 26.2 Å². The maximum atomic E-state index is 5.83. The van der Waals surface area contributed by atoms with Gasteiger partial charge in [-0.1, -0.05) is 28.5 Å². The zero-order chi connectivity index (χ0) is 15.3. The van der Waals surface area contributed by atoms with Crippen LogP contribution in [0, 0.1) is 0 Å². The van der Waals surface area contributed by atoms with Gasteiger partial charge in [0.2, 0.25) is 0 Å². The van der Waals surface area contributed by atoms with Gasteiger partial charge >= 0.3 is 0 Å². The third-order valence-corrected chi connectivity index (χ3v) is 5.27. The number of nitrogen functional groups attached to an aromatic ring is 1. The van der Waals surface area contributed by atoms with Gasteiger partial charge in [-0.3, -0.25) is 4.90 Å². The predicted octanol–water partition coefficient (Wildman–Crippen LogP) is 2.31. The first kappa shape index (κ1) is 16.5. The number of rotatable bonds is 6. The van der Waals surface area contributed by atoms with E-state index in [-0.39, 0.29) is 0 Å². The molecule has 0 bridgehead atoms. The molecular weight excluding hydrogens is 281 g/mol. The Labute approximate surface area is 130 Å². The highest BCUT2D eigenvalue weighted by Gasteiger charge is 2.24. The largest absolute Gasteiger partial charge is 0.489 e. The molecule has 1 aromatic carbocycles. The Morgan fingerprint density at radius 3 is 2.62 bits per heavy atom. The van der Waals surface area contributed by atoms with Crippen LogP contribution in [0.25, 0.3) is 0 Å². The second kappa shape index (κ2) is 7.44. The fourth-order valence-electron chi connectivity index (χ4n) is 2.54. The molecule has 1 aliphatic heterocycles. The van der Waals surface area contributed by atoms with Crippen molar-refractivity contribution in [3.63, 3.8) is 0 Å². The summed E-state index contributed by atoms with van der Waals surface area (Å²) in [6.07, 6.45) is 0.768. The van der Waals surface area contributed by atoms with Crippen LogP contribution in [0.15, 0.2) is 24.3 Å². The Hall–Kier alpha value is -0.830. The SMILES string of the molecule is CN1CCN(CC(C)(C)PCOc2cccc(N)c2)CC1. The summed E-state index contributed by atoms with van der Waals surface area (Å²) in [5.74, 6) is 0.873. The van der Waals surface area contributed by atoms with E-state index >= 15 is 0 Å². The van der Waals surface area contributed by atoms with E-state index < -0.39 is 0 Å². The molecule has 21 heavy (non-hydrogen) atoms. The molecular formula is C16H28N3OP. The Balaban J connectivity index is 1.73. The van der Waals surface area contributed by atoms with Crippen LogP contribution in [-0.4, -0.2) is 61.1 Å². The maximum absolute atomic E-state index is 5.83. The second-order valence-corrected chi connectivity index (χ2v) is 8.50. The number of nitrogens with two attached hydrogens (primary N) is 1. The third-order valence-electron chi connectivity index (χ3n) is 3.86. The van der Waals surface area contributed by atoms with E-state index in [0.717, 1.165) is 32.9 Å². The van der Waals surface area contributed by atoms with E-state index in [2.05, 4.69) is 30.7 Å². The summed E-state index contributed by atoms with van der Waals surface area (Å²) in [5, 5.41) is 0.302. The topological polar surface area (TPSA) is 41.7 Å². The van der Waals surface area contributed by atoms with Crippen LogP contribution in [0.5, 0.6) is 5.75 Å². The van der Waals surface area contributed by atoms with Gasteiger partial charge in [-0.2, -0.15) is 0 Å². The van der Waals surface area contributed by atoms with Gasteiger partial charge in [0.25, 0.3) is 0 Å². The van der Waals surface area contributed by atoms with Gasteiger partial charge in [0.1, 0.15) is 12.1 Å². The van der Waals surface area contributed by atoms with Crippen LogP contribution in [-0.2, 0) is 0 Å². The van der Waals surface area contributed by atoms with E-state index in [9.17, 15) is 0 Å². The minimum Gasteiger partial charge on any atom is -0.489 e. The smallest absolute Gasteiger partial charge is 0.121 e. The lowest BCUT2D eigenvalue weighted by molar-refractivity contribution is 0.146. The normalized spacial score (nSPS) is 18.4. The lowest BCUT2D eigenvalue weighted by atomic mass is 10.2. The van der Waals surface area contributed by atoms with Gasteiger partial charge in [-0.25, -0.2) is 0 Å². The summed E-state index contributed by atoms with van der Waals surface area (Å²) in [7, 11) is 2.98. The lowest BCUT2D eigenvalue weighted by Gasteiger charge is -2.37. The van der Waals surface area contributed by atoms with Crippen molar-refractivity contribution in [2.45, 2.75) is 19.0 Å². The number of hydrogen-bond donors (Lipinski definition) is 1. The number of anilines is 1. The lowest BCUT2D eigenvalue weighted by Crippen LogP contribution is -2.48. The van der Waals surface area contributed by atoms with Gasteiger partial charge < -0.3 is 15.4 Å². The highest BCUT2D eigenvalue weighted by atomic mass is 31.1.